The Kier molecular flexibility index (Phi) is 32.8. The molecule has 0 saturated heterocycles. The molecule has 63 heavy (non-hydrogen) atoms. The largest absolute Gasteiger partial charge is 0.472 e. The number of hydrogen-bond donors (Lipinski definition) is 2. The van der Waals surface area contributed by atoms with Gasteiger partial charge in [0.1, 0.15) is 6.61 Å². The lowest BCUT2D eigenvalue weighted by atomic mass is 9.81. The van der Waals surface area contributed by atoms with Gasteiger partial charge >= 0.3 is 19.8 Å². The van der Waals surface area contributed by atoms with Crippen molar-refractivity contribution in [1.29, 1.82) is 0 Å². The van der Waals surface area contributed by atoms with Crippen LogP contribution in [-0.4, -0.2) is 78.5 Å². The molecule has 14 heteroatoms. The summed E-state index contributed by atoms with van der Waals surface area (Å²) in [5, 5.41) is 2.74. The highest BCUT2D eigenvalue weighted by Gasteiger charge is 2.32. The van der Waals surface area contributed by atoms with Crippen molar-refractivity contribution in [3.05, 3.63) is 12.2 Å². The molecule has 3 amide bonds. The van der Waals surface area contributed by atoms with Crippen molar-refractivity contribution < 1.29 is 52.0 Å². The van der Waals surface area contributed by atoms with E-state index < -0.39 is 32.5 Å². The molecule has 0 aromatic rings. The van der Waals surface area contributed by atoms with Crippen LogP contribution in [0.2, 0.25) is 0 Å². The number of ether oxygens (including phenoxy) is 2. The number of nitrogens with zero attached hydrogens (tertiary/aromatic N) is 1. The minimum Gasteiger partial charge on any atom is -0.462 e. The van der Waals surface area contributed by atoms with Gasteiger partial charge in [-0.05, 0) is 44.4 Å². The van der Waals surface area contributed by atoms with Crippen molar-refractivity contribution in [2.24, 2.45) is 11.8 Å². The Hall–Kier alpha value is -2.60. The third kappa shape index (κ3) is 29.5. The predicted octanol–water partition coefficient (Wildman–Crippen LogP) is 11.4. The molecule has 2 atom stereocenters. The maximum atomic E-state index is 12.8. The number of hydrogen-bond acceptors (Lipinski definition) is 10. The number of carbonyl (C=O) groups is 5. The number of rotatable bonds is 41. The minimum absolute atomic E-state index is 0.0243. The predicted molar refractivity (Wildman–Crippen MR) is 248 cm³/mol. The molecule has 1 aliphatic carbocycles. The molecule has 1 heterocycles. The van der Waals surface area contributed by atoms with Gasteiger partial charge in [-0.2, -0.15) is 0 Å². The third-order valence-electron chi connectivity index (χ3n) is 12.3. The summed E-state index contributed by atoms with van der Waals surface area (Å²) in [6, 6.07) is 0. The lowest BCUT2D eigenvalue weighted by molar-refractivity contribution is -0.161. The molecular formula is C49H87N2O11P. The molecule has 2 rings (SSSR count). The van der Waals surface area contributed by atoms with Gasteiger partial charge < -0.3 is 19.7 Å². The van der Waals surface area contributed by atoms with Crippen LogP contribution in [0.5, 0.6) is 0 Å². The maximum Gasteiger partial charge on any atom is 0.472 e. The lowest BCUT2D eigenvalue weighted by Gasteiger charge is -2.30. The number of imide groups is 1. The van der Waals surface area contributed by atoms with Gasteiger partial charge in [-0.25, -0.2) is 4.57 Å². The first kappa shape index (κ1) is 56.5. The Labute approximate surface area is 380 Å². The first-order valence-electron chi connectivity index (χ1n) is 25.3. The number of unbranched alkanes of at least 4 members (excludes halogenated alkanes) is 24. The molecule has 0 aromatic heterocycles. The average Bonchev–Trinajstić information content (AvgIpc) is 3.58. The fourth-order valence-electron chi connectivity index (χ4n) is 8.36. The molecule has 1 aliphatic heterocycles. The van der Waals surface area contributed by atoms with Crippen molar-refractivity contribution in [3.8, 4) is 0 Å². The van der Waals surface area contributed by atoms with Crippen LogP contribution < -0.4 is 5.32 Å². The number of esters is 2. The zero-order valence-electron chi connectivity index (χ0n) is 39.5. The summed E-state index contributed by atoms with van der Waals surface area (Å²) in [6.07, 6.45) is 35.5. The molecule has 13 nitrogen and oxygen atoms in total. The monoisotopic (exact) mass is 911 g/mol. The highest BCUT2D eigenvalue weighted by molar-refractivity contribution is 7.47. The molecule has 2 aliphatic rings. The fourth-order valence-corrected chi connectivity index (χ4v) is 9.12. The van der Waals surface area contributed by atoms with Crippen LogP contribution >= 0.6 is 7.82 Å². The number of nitrogens with one attached hydrogen (secondary N) is 1. The Morgan fingerprint density at radius 1 is 0.635 bits per heavy atom. The van der Waals surface area contributed by atoms with E-state index in [4.69, 9.17) is 18.5 Å². The normalized spacial score (nSPS) is 17.8. The average molecular weight is 911 g/mol. The van der Waals surface area contributed by atoms with Gasteiger partial charge in [0, 0.05) is 44.0 Å². The van der Waals surface area contributed by atoms with Crippen molar-refractivity contribution in [3.63, 3.8) is 0 Å². The Bertz CT molecular complexity index is 1320. The second-order valence-electron chi connectivity index (χ2n) is 18.0. The van der Waals surface area contributed by atoms with Crippen molar-refractivity contribution in [2.75, 3.05) is 32.9 Å². The van der Waals surface area contributed by atoms with E-state index in [2.05, 4.69) is 19.2 Å². The van der Waals surface area contributed by atoms with Crippen LogP contribution in [0, 0.1) is 11.8 Å². The summed E-state index contributed by atoms with van der Waals surface area (Å²) >= 11 is 0. The van der Waals surface area contributed by atoms with Crippen LogP contribution in [0.25, 0.3) is 0 Å². The summed E-state index contributed by atoms with van der Waals surface area (Å²) in [5.41, 5.74) is 0. The Morgan fingerprint density at radius 2 is 1.06 bits per heavy atom. The van der Waals surface area contributed by atoms with Crippen LogP contribution in [0.15, 0.2) is 12.2 Å². The number of carbonyl (C=O) groups excluding carboxylic acids is 5. The zero-order valence-corrected chi connectivity index (χ0v) is 40.4. The summed E-state index contributed by atoms with van der Waals surface area (Å²) in [5.74, 6) is -1.82. The van der Waals surface area contributed by atoms with E-state index in [1.165, 1.54) is 133 Å². The van der Waals surface area contributed by atoms with E-state index in [0.717, 1.165) is 38.5 Å². The molecule has 2 N–H and O–H groups in total. The summed E-state index contributed by atoms with van der Waals surface area (Å²) in [6.45, 7) is 3.70. The summed E-state index contributed by atoms with van der Waals surface area (Å²) < 4.78 is 34.1. The van der Waals surface area contributed by atoms with Gasteiger partial charge in [0.15, 0.2) is 6.10 Å². The highest BCUT2D eigenvalue weighted by atomic mass is 31.2. The number of amides is 3. The van der Waals surface area contributed by atoms with Gasteiger partial charge in [0.05, 0.1) is 13.2 Å². The highest BCUT2D eigenvalue weighted by Crippen LogP contribution is 2.43. The van der Waals surface area contributed by atoms with Crippen molar-refractivity contribution in [2.45, 2.75) is 225 Å². The second-order valence-corrected chi connectivity index (χ2v) is 19.5. The number of phosphoric acid groups is 1. The molecule has 1 saturated carbocycles. The van der Waals surface area contributed by atoms with Crippen LogP contribution in [0.1, 0.15) is 219 Å². The second kappa shape index (κ2) is 36.6. The van der Waals surface area contributed by atoms with Crippen LogP contribution in [-0.2, 0) is 47.1 Å². The molecule has 0 bridgehead atoms. The van der Waals surface area contributed by atoms with E-state index in [1.54, 1.807) is 0 Å². The van der Waals surface area contributed by atoms with Gasteiger partial charge in [0.2, 0.25) is 5.91 Å². The fraction of sp³-hybridized carbons (Fsp3) is 0.857. The molecule has 1 fully saturated rings. The molecule has 2 unspecified atom stereocenters. The van der Waals surface area contributed by atoms with Crippen molar-refractivity contribution in [1.82, 2.24) is 10.2 Å². The first-order valence-corrected chi connectivity index (χ1v) is 26.8. The van der Waals surface area contributed by atoms with Gasteiger partial charge in [-0.3, -0.25) is 37.9 Å². The molecule has 364 valence electrons. The maximum absolute atomic E-state index is 12.8. The van der Waals surface area contributed by atoms with Gasteiger partial charge in [-0.15, -0.1) is 0 Å². The van der Waals surface area contributed by atoms with Crippen molar-refractivity contribution >= 4 is 37.5 Å². The topological polar surface area (TPSA) is 175 Å². The minimum atomic E-state index is -4.61. The number of phosphoric ester groups is 1. The van der Waals surface area contributed by atoms with Gasteiger partial charge in [0.25, 0.3) is 11.8 Å². The van der Waals surface area contributed by atoms with Crippen LogP contribution in [0.3, 0.4) is 0 Å². The summed E-state index contributed by atoms with van der Waals surface area (Å²) in [4.78, 5) is 73.6. The molecule has 0 spiro atoms. The van der Waals surface area contributed by atoms with E-state index in [0.29, 0.717) is 45.1 Å². The molecule has 0 aromatic carbocycles. The first-order chi connectivity index (χ1) is 30.5. The smallest absolute Gasteiger partial charge is 0.462 e. The Morgan fingerprint density at radius 3 is 1.52 bits per heavy atom. The summed E-state index contributed by atoms with van der Waals surface area (Å²) in [7, 11) is -4.61. The van der Waals surface area contributed by atoms with Crippen LogP contribution in [0.4, 0.5) is 0 Å². The SMILES string of the molecule is CCCCCCCCCCCCCCCC(=O)OCC(COP(=O)(O)OCCNC(=O)C1CCC(CN2C(=O)C=CC2=O)CC1)OC(=O)CCCCCCCCCCCCCCC. The zero-order chi connectivity index (χ0) is 45.8. The lowest BCUT2D eigenvalue weighted by Crippen LogP contribution is -2.39. The van der Waals surface area contributed by atoms with E-state index in [1.807, 2.05) is 0 Å². The van der Waals surface area contributed by atoms with E-state index in [9.17, 15) is 33.4 Å². The quantitative estimate of drug-likeness (QED) is 0.0258. The molecular weight excluding hydrogens is 824 g/mol. The standard InChI is InChI=1S/C49H87N2O11P/c1-3-5-7-9-11-13-15-17-19-21-23-25-27-29-47(54)59-40-44(62-48(55)30-28-26-24-22-20-18-16-14-12-10-8-6-4-2)41-61-63(57,58)60-38-37-50-49(56)43-33-31-42(32-34-43)39-51-45(52)35-36-46(51)53/h35-36,42-44H,3-34,37-41H2,1-2H3,(H,50,56)(H,57,58). The van der Waals surface area contributed by atoms with E-state index >= 15 is 0 Å². The van der Waals surface area contributed by atoms with E-state index in [-0.39, 0.29) is 62.2 Å². The molecule has 0 radical (unpaired) electrons. The van der Waals surface area contributed by atoms with Gasteiger partial charge in [-0.1, -0.05) is 168 Å². The Balaban J connectivity index is 1.68. The third-order valence-corrected chi connectivity index (χ3v) is 13.3.